The quantitative estimate of drug-likeness (QED) is 0.422. The second kappa shape index (κ2) is 8.03. The standard InChI is InChI=1S/C24H21FN4O3/c1-14-5-3-6-16(13-14)23-27-26-22(32-23)15(2)31-24(30)21-19-7-4-8-20(19)29(28-21)18-11-9-17(25)10-12-18/h3,5-6,9-13,15H,4,7-8H2,1-2H3. The molecule has 7 nitrogen and oxygen atoms in total. The van der Waals surface area contributed by atoms with Gasteiger partial charge in [-0.15, -0.1) is 10.2 Å². The van der Waals surface area contributed by atoms with E-state index in [1.807, 2.05) is 31.2 Å². The first-order valence-electron chi connectivity index (χ1n) is 10.5. The molecule has 8 heteroatoms. The lowest BCUT2D eigenvalue weighted by Crippen LogP contribution is -2.12. The Kier molecular flexibility index (Phi) is 5.05. The first-order valence-corrected chi connectivity index (χ1v) is 10.5. The van der Waals surface area contributed by atoms with Gasteiger partial charge < -0.3 is 9.15 Å². The molecule has 162 valence electrons. The zero-order valence-corrected chi connectivity index (χ0v) is 17.7. The van der Waals surface area contributed by atoms with Crippen molar-refractivity contribution < 1.29 is 18.3 Å². The van der Waals surface area contributed by atoms with Crippen LogP contribution in [0.4, 0.5) is 4.39 Å². The molecule has 1 aliphatic rings. The summed E-state index contributed by atoms with van der Waals surface area (Å²) in [7, 11) is 0. The Morgan fingerprint density at radius 2 is 1.97 bits per heavy atom. The van der Waals surface area contributed by atoms with Crippen molar-refractivity contribution in [3.8, 4) is 17.1 Å². The molecule has 2 aromatic heterocycles. The highest BCUT2D eigenvalue weighted by atomic mass is 19.1. The summed E-state index contributed by atoms with van der Waals surface area (Å²) >= 11 is 0. The summed E-state index contributed by atoms with van der Waals surface area (Å²) in [6.07, 6.45) is 1.73. The molecule has 0 bridgehead atoms. The van der Waals surface area contributed by atoms with Crippen molar-refractivity contribution in [1.29, 1.82) is 0 Å². The van der Waals surface area contributed by atoms with Gasteiger partial charge in [-0.1, -0.05) is 17.7 Å². The van der Waals surface area contributed by atoms with Gasteiger partial charge in [-0.05, 0) is 69.5 Å². The lowest BCUT2D eigenvalue weighted by molar-refractivity contribution is 0.0271. The van der Waals surface area contributed by atoms with E-state index in [1.54, 1.807) is 23.7 Å². The summed E-state index contributed by atoms with van der Waals surface area (Å²) in [5.74, 6) is -0.292. The molecule has 0 aliphatic heterocycles. The minimum absolute atomic E-state index is 0.212. The van der Waals surface area contributed by atoms with Crippen LogP contribution in [0.3, 0.4) is 0 Å². The van der Waals surface area contributed by atoms with E-state index in [2.05, 4.69) is 15.3 Å². The zero-order chi connectivity index (χ0) is 22.2. The van der Waals surface area contributed by atoms with Crippen LogP contribution in [0.25, 0.3) is 17.1 Å². The Morgan fingerprint density at radius 1 is 1.16 bits per heavy atom. The molecular weight excluding hydrogens is 411 g/mol. The third kappa shape index (κ3) is 3.68. The minimum atomic E-state index is -0.735. The van der Waals surface area contributed by atoms with Crippen LogP contribution < -0.4 is 0 Å². The van der Waals surface area contributed by atoms with Gasteiger partial charge >= 0.3 is 5.97 Å². The third-order valence-electron chi connectivity index (χ3n) is 5.53. The number of aromatic nitrogens is 4. The average molecular weight is 432 g/mol. The maximum atomic E-state index is 13.3. The summed E-state index contributed by atoms with van der Waals surface area (Å²) in [4.78, 5) is 13.0. The molecule has 2 aromatic carbocycles. The Bertz CT molecular complexity index is 1290. The molecule has 1 unspecified atom stereocenters. The number of fused-ring (bicyclic) bond motifs is 1. The highest BCUT2D eigenvalue weighted by molar-refractivity contribution is 5.89. The number of benzene rings is 2. The van der Waals surface area contributed by atoms with Gasteiger partial charge in [-0.25, -0.2) is 13.9 Å². The van der Waals surface area contributed by atoms with E-state index in [0.29, 0.717) is 11.6 Å². The summed E-state index contributed by atoms with van der Waals surface area (Å²) in [6, 6.07) is 13.8. The van der Waals surface area contributed by atoms with Gasteiger partial charge in [0.05, 0.1) is 5.69 Å². The number of aryl methyl sites for hydroxylation is 1. The van der Waals surface area contributed by atoms with E-state index in [-0.39, 0.29) is 17.4 Å². The first-order chi connectivity index (χ1) is 15.5. The Hall–Kier alpha value is -3.81. The van der Waals surface area contributed by atoms with E-state index in [4.69, 9.17) is 9.15 Å². The predicted octanol–water partition coefficient (Wildman–Crippen LogP) is 4.78. The fraction of sp³-hybridized carbons (Fsp3) is 0.250. The van der Waals surface area contributed by atoms with Gasteiger partial charge in [-0.3, -0.25) is 0 Å². The van der Waals surface area contributed by atoms with Crippen molar-refractivity contribution in [3.05, 3.63) is 82.8 Å². The smallest absolute Gasteiger partial charge is 0.359 e. The fourth-order valence-corrected chi connectivity index (χ4v) is 3.96. The number of hydrogen-bond acceptors (Lipinski definition) is 6. The predicted molar refractivity (Wildman–Crippen MR) is 114 cm³/mol. The molecule has 1 aliphatic carbocycles. The molecule has 0 spiro atoms. The van der Waals surface area contributed by atoms with Crippen molar-refractivity contribution in [2.75, 3.05) is 0 Å². The summed E-state index contributed by atoms with van der Waals surface area (Å²) in [5.41, 5.74) is 4.68. The molecule has 1 atom stereocenters. The number of rotatable bonds is 5. The SMILES string of the molecule is Cc1cccc(-c2nnc(C(C)OC(=O)c3nn(-c4ccc(F)cc4)c4c3CCC4)o2)c1. The van der Waals surface area contributed by atoms with E-state index in [1.165, 1.54) is 12.1 Å². The van der Waals surface area contributed by atoms with Crippen molar-refractivity contribution in [2.24, 2.45) is 0 Å². The number of halogens is 1. The molecular formula is C24H21FN4O3. The number of ether oxygens (including phenoxy) is 1. The molecule has 0 fully saturated rings. The van der Waals surface area contributed by atoms with Gasteiger partial charge in [0.25, 0.3) is 5.89 Å². The number of hydrogen-bond donors (Lipinski definition) is 0. The van der Waals surface area contributed by atoms with E-state index in [0.717, 1.165) is 41.6 Å². The Balaban J connectivity index is 1.38. The number of carbonyl (C=O) groups is 1. The molecule has 4 aromatic rings. The van der Waals surface area contributed by atoms with Crippen LogP contribution in [0.15, 0.2) is 52.9 Å². The van der Waals surface area contributed by atoms with Crippen molar-refractivity contribution in [2.45, 2.75) is 39.2 Å². The van der Waals surface area contributed by atoms with Gasteiger partial charge in [0.15, 0.2) is 11.8 Å². The van der Waals surface area contributed by atoms with Gasteiger partial charge in [0.1, 0.15) is 5.82 Å². The molecule has 2 heterocycles. The monoisotopic (exact) mass is 432 g/mol. The number of carbonyl (C=O) groups excluding carboxylic acids is 1. The highest BCUT2D eigenvalue weighted by Gasteiger charge is 2.30. The lowest BCUT2D eigenvalue weighted by Gasteiger charge is -2.08. The van der Waals surface area contributed by atoms with Crippen molar-refractivity contribution >= 4 is 5.97 Å². The summed E-state index contributed by atoms with van der Waals surface area (Å²) in [5, 5.41) is 12.6. The normalized spacial score (nSPS) is 13.7. The lowest BCUT2D eigenvalue weighted by atomic mass is 10.1. The van der Waals surface area contributed by atoms with E-state index < -0.39 is 12.1 Å². The van der Waals surface area contributed by atoms with Crippen LogP contribution in [0.1, 0.15) is 52.6 Å². The van der Waals surface area contributed by atoms with Gasteiger partial charge in [0.2, 0.25) is 5.89 Å². The average Bonchev–Trinajstić information content (AvgIpc) is 3.51. The van der Waals surface area contributed by atoms with Crippen molar-refractivity contribution in [1.82, 2.24) is 20.0 Å². The van der Waals surface area contributed by atoms with Crippen LogP contribution in [-0.4, -0.2) is 25.9 Å². The Morgan fingerprint density at radius 3 is 2.75 bits per heavy atom. The molecule has 0 radical (unpaired) electrons. The van der Waals surface area contributed by atoms with Gasteiger partial charge in [0, 0.05) is 16.8 Å². The molecule has 5 rings (SSSR count). The van der Waals surface area contributed by atoms with Crippen LogP contribution in [0.2, 0.25) is 0 Å². The maximum absolute atomic E-state index is 13.3. The maximum Gasteiger partial charge on any atom is 0.359 e. The third-order valence-corrected chi connectivity index (χ3v) is 5.53. The highest BCUT2D eigenvalue weighted by Crippen LogP contribution is 2.30. The zero-order valence-electron chi connectivity index (χ0n) is 17.7. The van der Waals surface area contributed by atoms with E-state index in [9.17, 15) is 9.18 Å². The second-order valence-electron chi connectivity index (χ2n) is 7.88. The molecule has 0 saturated heterocycles. The van der Waals surface area contributed by atoms with Crippen LogP contribution in [0.5, 0.6) is 0 Å². The first kappa shape index (κ1) is 20.1. The van der Waals surface area contributed by atoms with Crippen LogP contribution in [-0.2, 0) is 17.6 Å². The van der Waals surface area contributed by atoms with Crippen LogP contribution >= 0.6 is 0 Å². The molecule has 32 heavy (non-hydrogen) atoms. The van der Waals surface area contributed by atoms with Crippen LogP contribution in [0, 0.1) is 12.7 Å². The second-order valence-corrected chi connectivity index (χ2v) is 7.88. The van der Waals surface area contributed by atoms with Gasteiger partial charge in [-0.2, -0.15) is 5.10 Å². The Labute approximate surface area is 183 Å². The number of esters is 1. The number of nitrogens with zero attached hydrogens (tertiary/aromatic N) is 4. The molecule has 0 N–H and O–H groups in total. The summed E-state index contributed by atoms with van der Waals surface area (Å²) in [6.45, 7) is 3.66. The topological polar surface area (TPSA) is 83.0 Å². The largest absolute Gasteiger partial charge is 0.448 e. The summed E-state index contributed by atoms with van der Waals surface area (Å²) < 4.78 is 26.4. The van der Waals surface area contributed by atoms with Crippen molar-refractivity contribution in [3.63, 3.8) is 0 Å². The van der Waals surface area contributed by atoms with E-state index >= 15 is 0 Å². The minimum Gasteiger partial charge on any atom is -0.448 e. The fourth-order valence-electron chi connectivity index (χ4n) is 3.96. The molecule has 0 saturated carbocycles. The molecule has 0 amide bonds.